The molecule has 1 aromatic heterocycles. The molecule has 1 aliphatic rings. The molecular weight excluding hydrogens is 388 g/mol. The fraction of sp³-hybridized carbons (Fsp3) is 0.286. The van der Waals surface area contributed by atoms with Crippen LogP contribution in [0.2, 0.25) is 0 Å². The third-order valence-electron chi connectivity index (χ3n) is 4.79. The van der Waals surface area contributed by atoms with Gasteiger partial charge in [-0.05, 0) is 49.2 Å². The topological polar surface area (TPSA) is 78.3 Å². The van der Waals surface area contributed by atoms with E-state index in [9.17, 15) is 4.79 Å². The number of para-hydroxylation sites is 2. The molecule has 0 aliphatic carbocycles. The van der Waals surface area contributed by atoms with Gasteiger partial charge in [0.05, 0.1) is 5.75 Å². The number of anilines is 1. The molecule has 0 radical (unpaired) electrons. The molecular formula is C21H22N4O3S. The summed E-state index contributed by atoms with van der Waals surface area (Å²) in [6.45, 7) is 4.43. The fourth-order valence-electron chi connectivity index (χ4n) is 3.03. The van der Waals surface area contributed by atoms with Gasteiger partial charge in [-0.2, -0.15) is 0 Å². The minimum absolute atomic E-state index is 0.0889. The molecule has 1 unspecified atom stereocenters. The number of amides is 1. The van der Waals surface area contributed by atoms with Crippen LogP contribution in [0, 0.1) is 13.8 Å². The van der Waals surface area contributed by atoms with Gasteiger partial charge in [-0.1, -0.05) is 30.0 Å². The Morgan fingerprint density at radius 3 is 2.76 bits per heavy atom. The second kappa shape index (κ2) is 8.16. The predicted octanol–water partition coefficient (Wildman–Crippen LogP) is 3.68. The fourth-order valence-corrected chi connectivity index (χ4v) is 3.74. The SMILES string of the molecule is Cc1ccc(NC(=O)CSc2nnc(C3COc4ccccc4O3)n2C)cc1C. The van der Waals surface area contributed by atoms with Crippen LogP contribution in [0.1, 0.15) is 23.1 Å². The lowest BCUT2D eigenvalue weighted by Gasteiger charge is -2.25. The Morgan fingerprint density at radius 1 is 1.17 bits per heavy atom. The Balaban J connectivity index is 1.38. The van der Waals surface area contributed by atoms with Crippen LogP contribution in [0.4, 0.5) is 5.69 Å². The van der Waals surface area contributed by atoms with Gasteiger partial charge in [0.2, 0.25) is 5.91 Å². The first-order valence-electron chi connectivity index (χ1n) is 9.29. The van der Waals surface area contributed by atoms with Crippen LogP contribution >= 0.6 is 11.8 Å². The van der Waals surface area contributed by atoms with Crippen LogP contribution in [0.25, 0.3) is 0 Å². The van der Waals surface area contributed by atoms with Gasteiger partial charge in [0.1, 0.15) is 6.61 Å². The van der Waals surface area contributed by atoms with Crippen LogP contribution in [-0.4, -0.2) is 33.0 Å². The summed E-state index contributed by atoms with van der Waals surface area (Å²) in [4.78, 5) is 12.3. The third kappa shape index (κ3) is 4.22. The zero-order valence-electron chi connectivity index (χ0n) is 16.5. The lowest BCUT2D eigenvalue weighted by Crippen LogP contribution is -2.24. The van der Waals surface area contributed by atoms with Gasteiger partial charge in [-0.25, -0.2) is 0 Å². The van der Waals surface area contributed by atoms with E-state index >= 15 is 0 Å². The number of benzene rings is 2. The molecule has 0 bridgehead atoms. The number of ether oxygens (including phenoxy) is 2. The molecule has 8 heteroatoms. The number of rotatable bonds is 5. The maximum Gasteiger partial charge on any atom is 0.234 e. The van der Waals surface area contributed by atoms with Crippen LogP contribution in [0.5, 0.6) is 11.5 Å². The van der Waals surface area contributed by atoms with Crippen LogP contribution < -0.4 is 14.8 Å². The summed E-state index contributed by atoms with van der Waals surface area (Å²) in [6, 6.07) is 13.4. The van der Waals surface area contributed by atoms with Crippen LogP contribution in [0.3, 0.4) is 0 Å². The highest BCUT2D eigenvalue weighted by Crippen LogP contribution is 2.35. The van der Waals surface area contributed by atoms with E-state index in [0.29, 0.717) is 23.3 Å². The molecule has 0 spiro atoms. The smallest absolute Gasteiger partial charge is 0.234 e. The lowest BCUT2D eigenvalue weighted by atomic mass is 10.1. The quantitative estimate of drug-likeness (QED) is 0.647. The van der Waals surface area contributed by atoms with Crippen molar-refractivity contribution in [2.24, 2.45) is 7.05 Å². The standard InChI is InChI=1S/C21H22N4O3S/c1-13-8-9-15(10-14(13)2)22-19(26)12-29-21-24-23-20(25(21)3)18-11-27-16-6-4-5-7-17(16)28-18/h4-10,18H,11-12H2,1-3H3,(H,22,26). The molecule has 2 aromatic carbocycles. The highest BCUT2D eigenvalue weighted by molar-refractivity contribution is 7.99. The average molecular weight is 410 g/mol. The second-order valence-corrected chi connectivity index (χ2v) is 7.84. The summed E-state index contributed by atoms with van der Waals surface area (Å²) < 4.78 is 13.6. The average Bonchev–Trinajstić information content (AvgIpc) is 3.09. The van der Waals surface area contributed by atoms with Crippen molar-refractivity contribution in [2.45, 2.75) is 25.1 Å². The first kappa shape index (κ1) is 19.3. The van der Waals surface area contributed by atoms with Crippen molar-refractivity contribution in [2.75, 3.05) is 17.7 Å². The second-order valence-electron chi connectivity index (χ2n) is 6.90. The molecule has 1 amide bonds. The minimum atomic E-state index is -0.346. The van der Waals surface area contributed by atoms with Crippen molar-refractivity contribution >= 4 is 23.4 Å². The van der Waals surface area contributed by atoms with Gasteiger partial charge in [0, 0.05) is 12.7 Å². The molecule has 3 aromatic rings. The van der Waals surface area contributed by atoms with E-state index in [2.05, 4.69) is 15.5 Å². The van der Waals surface area contributed by atoms with Crippen molar-refractivity contribution in [3.63, 3.8) is 0 Å². The maximum atomic E-state index is 12.3. The summed E-state index contributed by atoms with van der Waals surface area (Å²) in [7, 11) is 1.86. The summed E-state index contributed by atoms with van der Waals surface area (Å²) in [5.74, 6) is 2.23. The number of fused-ring (bicyclic) bond motifs is 1. The maximum absolute atomic E-state index is 12.3. The van der Waals surface area contributed by atoms with Gasteiger partial charge in [0.15, 0.2) is 28.6 Å². The summed E-state index contributed by atoms with van der Waals surface area (Å²) in [5.41, 5.74) is 3.13. The minimum Gasteiger partial charge on any atom is -0.485 e. The van der Waals surface area contributed by atoms with Crippen LogP contribution in [-0.2, 0) is 11.8 Å². The number of carbonyl (C=O) groups is 1. The van der Waals surface area contributed by atoms with E-state index < -0.39 is 0 Å². The molecule has 0 fully saturated rings. The summed E-state index contributed by atoms with van der Waals surface area (Å²) in [6.07, 6.45) is -0.346. The van der Waals surface area contributed by atoms with E-state index in [-0.39, 0.29) is 17.8 Å². The molecule has 29 heavy (non-hydrogen) atoms. The number of hydrogen-bond donors (Lipinski definition) is 1. The van der Waals surface area contributed by atoms with E-state index in [1.807, 2.05) is 67.9 Å². The van der Waals surface area contributed by atoms with Crippen molar-refractivity contribution in [3.05, 3.63) is 59.4 Å². The molecule has 150 valence electrons. The Morgan fingerprint density at radius 2 is 1.97 bits per heavy atom. The summed E-state index contributed by atoms with van der Waals surface area (Å²) in [5, 5.41) is 12.0. The zero-order valence-corrected chi connectivity index (χ0v) is 17.3. The zero-order chi connectivity index (χ0) is 20.4. The summed E-state index contributed by atoms with van der Waals surface area (Å²) >= 11 is 1.33. The molecule has 4 rings (SSSR count). The normalized spacial score (nSPS) is 15.2. The van der Waals surface area contributed by atoms with Gasteiger partial charge in [-0.15, -0.1) is 10.2 Å². The number of hydrogen-bond acceptors (Lipinski definition) is 6. The molecule has 2 heterocycles. The molecule has 0 saturated carbocycles. The number of aromatic nitrogens is 3. The van der Waals surface area contributed by atoms with Gasteiger partial charge < -0.3 is 19.4 Å². The number of nitrogens with zero attached hydrogens (tertiary/aromatic N) is 3. The van der Waals surface area contributed by atoms with Gasteiger partial charge in [0.25, 0.3) is 0 Å². The van der Waals surface area contributed by atoms with Crippen molar-refractivity contribution in [1.29, 1.82) is 0 Å². The highest BCUT2D eigenvalue weighted by Gasteiger charge is 2.27. The number of thioether (sulfide) groups is 1. The molecule has 1 atom stereocenters. The number of carbonyl (C=O) groups excluding carboxylic acids is 1. The molecule has 1 aliphatic heterocycles. The largest absolute Gasteiger partial charge is 0.485 e. The molecule has 1 N–H and O–H groups in total. The predicted molar refractivity (Wildman–Crippen MR) is 112 cm³/mol. The number of nitrogens with one attached hydrogen (secondary N) is 1. The van der Waals surface area contributed by atoms with E-state index in [0.717, 1.165) is 17.0 Å². The van der Waals surface area contributed by atoms with E-state index in [1.54, 1.807) is 0 Å². The Hall–Kier alpha value is -3.00. The van der Waals surface area contributed by atoms with E-state index in [1.165, 1.54) is 17.3 Å². The Bertz CT molecular complexity index is 1050. The molecule has 7 nitrogen and oxygen atoms in total. The Kier molecular flexibility index (Phi) is 5.44. The van der Waals surface area contributed by atoms with Gasteiger partial charge in [-0.3, -0.25) is 4.79 Å². The number of aryl methyl sites for hydroxylation is 2. The monoisotopic (exact) mass is 410 g/mol. The van der Waals surface area contributed by atoms with Gasteiger partial charge >= 0.3 is 0 Å². The first-order chi connectivity index (χ1) is 14.0. The van der Waals surface area contributed by atoms with Crippen molar-refractivity contribution < 1.29 is 14.3 Å². The van der Waals surface area contributed by atoms with Crippen molar-refractivity contribution in [1.82, 2.24) is 14.8 Å². The van der Waals surface area contributed by atoms with E-state index in [4.69, 9.17) is 9.47 Å². The highest BCUT2D eigenvalue weighted by atomic mass is 32.2. The Labute approximate surface area is 173 Å². The molecule has 0 saturated heterocycles. The third-order valence-corrected chi connectivity index (χ3v) is 5.81. The van der Waals surface area contributed by atoms with Crippen molar-refractivity contribution in [3.8, 4) is 11.5 Å². The van der Waals surface area contributed by atoms with Crippen LogP contribution in [0.15, 0.2) is 47.6 Å². The lowest BCUT2D eigenvalue weighted by molar-refractivity contribution is -0.113. The first-order valence-corrected chi connectivity index (χ1v) is 10.3.